The Balaban J connectivity index is 1.71. The summed E-state index contributed by atoms with van der Waals surface area (Å²) in [6, 6.07) is 17.6. The number of benzene rings is 2. The molecule has 0 saturated carbocycles. The van der Waals surface area contributed by atoms with Gasteiger partial charge in [-0.3, -0.25) is 0 Å². The van der Waals surface area contributed by atoms with Gasteiger partial charge in [0.1, 0.15) is 6.33 Å². The van der Waals surface area contributed by atoms with Gasteiger partial charge in [0.15, 0.2) is 0 Å². The third-order valence-corrected chi connectivity index (χ3v) is 2.87. The van der Waals surface area contributed by atoms with Crippen molar-refractivity contribution in [2.45, 2.75) is 6.54 Å². The molecule has 0 spiro atoms. The van der Waals surface area contributed by atoms with Crippen molar-refractivity contribution >= 4 is 17.3 Å². The van der Waals surface area contributed by atoms with Crippen LogP contribution in [0, 0.1) is 0 Å². The fraction of sp³-hybridized carbons (Fsp3) is 0.0667. The maximum atomic E-state index is 5.73. The molecule has 5 nitrogen and oxygen atoms in total. The number of nitrogens with zero attached hydrogens (tertiary/aromatic N) is 3. The summed E-state index contributed by atoms with van der Waals surface area (Å²) >= 11 is 0. The van der Waals surface area contributed by atoms with Crippen molar-refractivity contribution in [2.24, 2.45) is 0 Å². The zero-order valence-corrected chi connectivity index (χ0v) is 10.9. The van der Waals surface area contributed by atoms with E-state index in [2.05, 4.69) is 27.5 Å². The standard InChI is InChI=1S/C15H15N5/c16-13-7-4-8-14(9-13)18-15-17-11-20(19-15)10-12-5-2-1-3-6-12/h1-9,11H,10,16H2,(H,18,19). The number of anilines is 3. The predicted octanol–water partition coefficient (Wildman–Crippen LogP) is 2.65. The van der Waals surface area contributed by atoms with Gasteiger partial charge in [-0.05, 0) is 23.8 Å². The van der Waals surface area contributed by atoms with Gasteiger partial charge in [-0.15, -0.1) is 5.10 Å². The first-order valence-corrected chi connectivity index (χ1v) is 6.35. The highest BCUT2D eigenvalue weighted by Gasteiger charge is 2.02. The monoisotopic (exact) mass is 265 g/mol. The van der Waals surface area contributed by atoms with E-state index in [0.29, 0.717) is 18.2 Å². The molecule has 0 fully saturated rings. The van der Waals surface area contributed by atoms with Crippen molar-refractivity contribution in [3.05, 3.63) is 66.5 Å². The molecule has 3 N–H and O–H groups in total. The van der Waals surface area contributed by atoms with Gasteiger partial charge in [0.2, 0.25) is 5.95 Å². The number of nitrogens with two attached hydrogens (primary N) is 1. The normalized spacial score (nSPS) is 10.4. The molecule has 0 atom stereocenters. The van der Waals surface area contributed by atoms with Crippen molar-refractivity contribution in [1.29, 1.82) is 0 Å². The van der Waals surface area contributed by atoms with Crippen LogP contribution in [0.3, 0.4) is 0 Å². The van der Waals surface area contributed by atoms with Crippen LogP contribution in [-0.2, 0) is 6.54 Å². The van der Waals surface area contributed by atoms with E-state index in [9.17, 15) is 0 Å². The third kappa shape index (κ3) is 2.95. The second-order valence-corrected chi connectivity index (χ2v) is 4.50. The molecule has 1 heterocycles. The molecule has 3 rings (SSSR count). The molecule has 0 aliphatic carbocycles. The highest BCUT2D eigenvalue weighted by molar-refractivity contribution is 5.59. The number of nitrogens with one attached hydrogen (secondary N) is 1. The van der Waals surface area contributed by atoms with E-state index in [1.165, 1.54) is 5.56 Å². The summed E-state index contributed by atoms with van der Waals surface area (Å²) in [7, 11) is 0. The Morgan fingerprint density at radius 1 is 1.05 bits per heavy atom. The Morgan fingerprint density at radius 3 is 2.70 bits per heavy atom. The van der Waals surface area contributed by atoms with E-state index in [0.717, 1.165) is 5.69 Å². The molecule has 0 radical (unpaired) electrons. The number of rotatable bonds is 4. The van der Waals surface area contributed by atoms with Gasteiger partial charge >= 0.3 is 0 Å². The second-order valence-electron chi connectivity index (χ2n) is 4.50. The number of nitrogen functional groups attached to an aromatic ring is 1. The summed E-state index contributed by atoms with van der Waals surface area (Å²) in [6.45, 7) is 0.701. The lowest BCUT2D eigenvalue weighted by atomic mass is 10.2. The molecule has 2 aromatic carbocycles. The SMILES string of the molecule is Nc1cccc(Nc2ncn(Cc3ccccc3)n2)c1. The number of aromatic nitrogens is 3. The smallest absolute Gasteiger partial charge is 0.246 e. The molecule has 100 valence electrons. The molecule has 0 saturated heterocycles. The summed E-state index contributed by atoms with van der Waals surface area (Å²) in [5.41, 5.74) is 8.51. The molecule has 0 aliphatic heterocycles. The maximum absolute atomic E-state index is 5.73. The van der Waals surface area contributed by atoms with Crippen LogP contribution < -0.4 is 11.1 Å². The summed E-state index contributed by atoms with van der Waals surface area (Å²) < 4.78 is 1.80. The summed E-state index contributed by atoms with van der Waals surface area (Å²) in [4.78, 5) is 4.24. The van der Waals surface area contributed by atoms with Gasteiger partial charge in [0.25, 0.3) is 0 Å². The first-order chi connectivity index (χ1) is 9.79. The van der Waals surface area contributed by atoms with Gasteiger partial charge in [-0.2, -0.15) is 0 Å². The van der Waals surface area contributed by atoms with Crippen molar-refractivity contribution in [2.75, 3.05) is 11.1 Å². The maximum Gasteiger partial charge on any atom is 0.246 e. The molecule has 0 amide bonds. The summed E-state index contributed by atoms with van der Waals surface area (Å²) in [6.07, 6.45) is 1.71. The van der Waals surface area contributed by atoms with Crippen LogP contribution in [0.1, 0.15) is 5.56 Å². The van der Waals surface area contributed by atoms with Gasteiger partial charge in [-0.1, -0.05) is 36.4 Å². The van der Waals surface area contributed by atoms with Crippen molar-refractivity contribution in [1.82, 2.24) is 14.8 Å². The second kappa shape index (κ2) is 5.44. The van der Waals surface area contributed by atoms with E-state index in [-0.39, 0.29) is 0 Å². The van der Waals surface area contributed by atoms with Crippen LogP contribution in [0.2, 0.25) is 0 Å². The fourth-order valence-corrected chi connectivity index (χ4v) is 1.94. The Hall–Kier alpha value is -2.82. The Kier molecular flexibility index (Phi) is 3.33. The van der Waals surface area contributed by atoms with E-state index >= 15 is 0 Å². The topological polar surface area (TPSA) is 68.8 Å². The zero-order chi connectivity index (χ0) is 13.8. The van der Waals surface area contributed by atoms with Crippen LogP contribution in [-0.4, -0.2) is 14.8 Å². The molecule has 0 aliphatic rings. The number of hydrogen-bond donors (Lipinski definition) is 2. The minimum absolute atomic E-state index is 0.562. The van der Waals surface area contributed by atoms with Gasteiger partial charge in [0.05, 0.1) is 6.54 Å². The van der Waals surface area contributed by atoms with Gasteiger partial charge < -0.3 is 11.1 Å². The summed E-state index contributed by atoms with van der Waals surface area (Å²) in [5.74, 6) is 0.562. The minimum Gasteiger partial charge on any atom is -0.399 e. The van der Waals surface area contributed by atoms with E-state index in [1.807, 2.05) is 42.5 Å². The van der Waals surface area contributed by atoms with E-state index in [1.54, 1.807) is 11.0 Å². The first kappa shape index (κ1) is 12.2. The highest BCUT2D eigenvalue weighted by atomic mass is 15.4. The van der Waals surface area contributed by atoms with Crippen LogP contribution in [0.5, 0.6) is 0 Å². The lowest BCUT2D eigenvalue weighted by Gasteiger charge is -2.03. The van der Waals surface area contributed by atoms with Crippen LogP contribution >= 0.6 is 0 Å². The van der Waals surface area contributed by atoms with Crippen LogP contribution in [0.25, 0.3) is 0 Å². The average Bonchev–Trinajstić information content (AvgIpc) is 2.87. The molecule has 0 unspecified atom stereocenters. The number of hydrogen-bond acceptors (Lipinski definition) is 4. The molecule has 5 heteroatoms. The molecular weight excluding hydrogens is 250 g/mol. The fourth-order valence-electron chi connectivity index (χ4n) is 1.94. The molecule has 20 heavy (non-hydrogen) atoms. The van der Waals surface area contributed by atoms with E-state index < -0.39 is 0 Å². The van der Waals surface area contributed by atoms with E-state index in [4.69, 9.17) is 5.73 Å². The third-order valence-electron chi connectivity index (χ3n) is 2.87. The first-order valence-electron chi connectivity index (χ1n) is 6.35. The lowest BCUT2D eigenvalue weighted by Crippen LogP contribution is -2.01. The molecular formula is C15H15N5. The summed E-state index contributed by atoms with van der Waals surface area (Å²) in [5, 5.41) is 7.51. The Bertz CT molecular complexity index is 690. The molecule has 1 aromatic heterocycles. The van der Waals surface area contributed by atoms with Crippen molar-refractivity contribution in [3.8, 4) is 0 Å². The Morgan fingerprint density at radius 2 is 1.90 bits per heavy atom. The highest BCUT2D eigenvalue weighted by Crippen LogP contribution is 2.15. The van der Waals surface area contributed by atoms with Gasteiger partial charge in [-0.25, -0.2) is 9.67 Å². The van der Waals surface area contributed by atoms with Crippen LogP contribution in [0.4, 0.5) is 17.3 Å². The molecule has 3 aromatic rings. The Labute approximate surface area is 117 Å². The largest absolute Gasteiger partial charge is 0.399 e. The van der Waals surface area contributed by atoms with Gasteiger partial charge in [0, 0.05) is 11.4 Å². The molecule has 0 bridgehead atoms. The lowest BCUT2D eigenvalue weighted by molar-refractivity contribution is 0.687. The predicted molar refractivity (Wildman–Crippen MR) is 79.7 cm³/mol. The quantitative estimate of drug-likeness (QED) is 0.712. The minimum atomic E-state index is 0.562. The van der Waals surface area contributed by atoms with Crippen LogP contribution in [0.15, 0.2) is 60.9 Å². The zero-order valence-electron chi connectivity index (χ0n) is 10.9. The average molecular weight is 265 g/mol. The van der Waals surface area contributed by atoms with Crippen molar-refractivity contribution < 1.29 is 0 Å². The van der Waals surface area contributed by atoms with Crippen molar-refractivity contribution in [3.63, 3.8) is 0 Å².